The van der Waals surface area contributed by atoms with Crippen molar-refractivity contribution >= 4 is 23.8 Å². The minimum Gasteiger partial charge on any atom is -0.483 e. The van der Waals surface area contributed by atoms with Crippen LogP contribution in [-0.2, 0) is 9.59 Å². The molecule has 0 saturated carbocycles. The second-order valence-corrected chi connectivity index (χ2v) is 7.86. The topological polar surface area (TPSA) is 136 Å². The van der Waals surface area contributed by atoms with Crippen molar-refractivity contribution in [3.63, 3.8) is 0 Å². The van der Waals surface area contributed by atoms with Crippen molar-refractivity contribution in [1.29, 1.82) is 0 Å². The van der Waals surface area contributed by atoms with Crippen molar-refractivity contribution < 1.29 is 19.8 Å². The van der Waals surface area contributed by atoms with Crippen molar-refractivity contribution in [2.24, 2.45) is 0 Å². The van der Waals surface area contributed by atoms with Crippen LogP contribution >= 0.6 is 0 Å². The Morgan fingerprint density at radius 2 is 1.38 bits per heavy atom. The molecule has 0 aromatic heterocycles. The number of nitrogens with zero attached hydrogens (tertiary/aromatic N) is 1. The zero-order valence-corrected chi connectivity index (χ0v) is 19.7. The lowest BCUT2D eigenvalue weighted by Crippen LogP contribution is -2.37. The summed E-state index contributed by atoms with van der Waals surface area (Å²) < 4.78 is 0. The van der Waals surface area contributed by atoms with Crippen LogP contribution in [0.5, 0.6) is 0 Å². The second kappa shape index (κ2) is 19.3. The van der Waals surface area contributed by atoms with Crippen molar-refractivity contribution in [1.82, 2.24) is 4.90 Å². The summed E-state index contributed by atoms with van der Waals surface area (Å²) in [6.07, 6.45) is 11.3. The Kier molecular flexibility index (Phi) is 17.8. The van der Waals surface area contributed by atoms with E-state index in [4.69, 9.17) is 15.0 Å². The number of rotatable bonds is 19. The third-order valence-corrected chi connectivity index (χ3v) is 5.31. The molecule has 1 rings (SSSR count). The Hall–Kier alpha value is -2.42. The predicted molar refractivity (Wildman–Crippen MR) is 129 cm³/mol. The third kappa shape index (κ3) is 13.1. The Balaban J connectivity index is 0.00000302. The minimum absolute atomic E-state index is 0.250. The van der Waals surface area contributed by atoms with E-state index in [0.29, 0.717) is 17.9 Å². The molecule has 0 fully saturated rings. The standard InChI is InChI=1S/C22H39N3O4.CH2O2/c1-3-4-5-10-15-25(16-11-8-6-7-9-13-18(26)27)17-12-14-24-20-19(23-2)21(28)22(20)29;2-1-3/h23-24H,3-17H2,1-2H3,(H,26,27);1H,(H,2,3). The zero-order chi connectivity index (χ0) is 24.2. The van der Waals surface area contributed by atoms with Crippen LogP contribution in [0.3, 0.4) is 0 Å². The van der Waals surface area contributed by atoms with Crippen LogP contribution in [-0.4, -0.2) is 60.8 Å². The van der Waals surface area contributed by atoms with Crippen LogP contribution in [0.15, 0.2) is 9.59 Å². The number of carboxylic acids is 1. The smallest absolute Gasteiger partial charge is 0.303 e. The number of hydrogen-bond acceptors (Lipinski definition) is 7. The van der Waals surface area contributed by atoms with Crippen LogP contribution in [0, 0.1) is 0 Å². The van der Waals surface area contributed by atoms with E-state index in [1.54, 1.807) is 7.05 Å². The van der Waals surface area contributed by atoms with E-state index in [1.165, 1.54) is 25.7 Å². The van der Waals surface area contributed by atoms with Gasteiger partial charge in [0.1, 0.15) is 11.4 Å². The Bertz CT molecular complexity index is 700. The molecule has 0 amide bonds. The maximum absolute atomic E-state index is 11.6. The fraction of sp³-hybridized carbons (Fsp3) is 0.739. The molecule has 0 aliphatic heterocycles. The lowest BCUT2D eigenvalue weighted by atomic mass is 10.1. The van der Waals surface area contributed by atoms with Crippen LogP contribution in [0.25, 0.3) is 0 Å². The van der Waals surface area contributed by atoms with Crippen LogP contribution in [0.4, 0.5) is 11.4 Å². The highest BCUT2D eigenvalue weighted by Gasteiger charge is 2.18. The molecule has 32 heavy (non-hydrogen) atoms. The van der Waals surface area contributed by atoms with Crippen LogP contribution < -0.4 is 21.5 Å². The molecule has 0 atom stereocenters. The van der Waals surface area contributed by atoms with Gasteiger partial charge in [-0.25, -0.2) is 0 Å². The van der Waals surface area contributed by atoms with Crippen LogP contribution in [0.2, 0.25) is 0 Å². The SMILES string of the molecule is CCCCCCN(CCCCCCCC(=O)O)CCCNc1c(NC)c(=O)c1=O.O=CO. The van der Waals surface area contributed by atoms with E-state index >= 15 is 0 Å². The molecule has 0 radical (unpaired) electrons. The summed E-state index contributed by atoms with van der Waals surface area (Å²) in [6.45, 7) is 5.78. The first-order valence-electron chi connectivity index (χ1n) is 11.7. The number of nitrogens with one attached hydrogen (secondary N) is 2. The highest BCUT2D eigenvalue weighted by molar-refractivity contribution is 5.73. The number of hydrogen-bond donors (Lipinski definition) is 4. The van der Waals surface area contributed by atoms with E-state index in [9.17, 15) is 14.4 Å². The second-order valence-electron chi connectivity index (χ2n) is 7.86. The highest BCUT2D eigenvalue weighted by Crippen LogP contribution is 2.13. The van der Waals surface area contributed by atoms with Crippen molar-refractivity contribution in [2.45, 2.75) is 77.6 Å². The first-order chi connectivity index (χ1) is 15.4. The van der Waals surface area contributed by atoms with E-state index in [0.717, 1.165) is 58.2 Å². The largest absolute Gasteiger partial charge is 0.483 e. The van der Waals surface area contributed by atoms with Crippen molar-refractivity contribution in [3.8, 4) is 0 Å². The van der Waals surface area contributed by atoms with E-state index in [1.807, 2.05) is 0 Å². The quantitative estimate of drug-likeness (QED) is 0.141. The van der Waals surface area contributed by atoms with Gasteiger partial charge in [0, 0.05) is 20.0 Å². The molecule has 1 aromatic rings. The van der Waals surface area contributed by atoms with Crippen molar-refractivity contribution in [2.75, 3.05) is 43.9 Å². The van der Waals surface area contributed by atoms with Gasteiger partial charge in [-0.2, -0.15) is 0 Å². The average Bonchev–Trinajstić information content (AvgIpc) is 2.77. The lowest BCUT2D eigenvalue weighted by Gasteiger charge is -2.23. The number of anilines is 2. The summed E-state index contributed by atoms with van der Waals surface area (Å²) in [7, 11) is 1.65. The van der Waals surface area contributed by atoms with Gasteiger partial charge in [0.15, 0.2) is 0 Å². The molecule has 0 aliphatic rings. The average molecular weight is 456 g/mol. The molecule has 4 N–H and O–H groups in total. The highest BCUT2D eigenvalue weighted by atomic mass is 16.4. The molecular weight excluding hydrogens is 414 g/mol. The molecule has 0 saturated heterocycles. The summed E-state index contributed by atoms with van der Waals surface area (Å²) in [5.74, 6) is -0.706. The predicted octanol–water partition coefficient (Wildman–Crippen LogP) is 3.13. The molecule has 1 aromatic carbocycles. The Labute approximate surface area is 190 Å². The number of carbonyl (C=O) groups is 2. The van der Waals surface area contributed by atoms with E-state index in [-0.39, 0.29) is 12.9 Å². The summed E-state index contributed by atoms with van der Waals surface area (Å²) >= 11 is 0. The van der Waals surface area contributed by atoms with E-state index in [2.05, 4.69) is 22.5 Å². The Morgan fingerprint density at radius 1 is 0.875 bits per heavy atom. The van der Waals surface area contributed by atoms with Gasteiger partial charge in [-0.3, -0.25) is 19.2 Å². The molecule has 0 heterocycles. The molecule has 184 valence electrons. The third-order valence-electron chi connectivity index (χ3n) is 5.31. The summed E-state index contributed by atoms with van der Waals surface area (Å²) in [5, 5.41) is 21.4. The maximum Gasteiger partial charge on any atom is 0.303 e. The first kappa shape index (κ1) is 29.6. The van der Waals surface area contributed by atoms with Gasteiger partial charge >= 0.3 is 5.97 Å². The minimum atomic E-state index is -0.706. The normalized spacial score (nSPS) is 10.6. The number of aliphatic carboxylic acids is 1. The molecule has 0 aliphatic carbocycles. The van der Waals surface area contributed by atoms with Crippen LogP contribution in [0.1, 0.15) is 77.6 Å². The fourth-order valence-electron chi connectivity index (χ4n) is 3.55. The zero-order valence-electron chi connectivity index (χ0n) is 19.7. The van der Waals surface area contributed by atoms with E-state index < -0.39 is 16.8 Å². The molecule has 0 spiro atoms. The number of carboxylic acid groups (broad SMARTS) is 2. The Morgan fingerprint density at radius 3 is 1.94 bits per heavy atom. The molecular formula is C23H41N3O6. The summed E-state index contributed by atoms with van der Waals surface area (Å²) in [6, 6.07) is 0. The van der Waals surface area contributed by atoms with Gasteiger partial charge in [0.2, 0.25) is 0 Å². The van der Waals surface area contributed by atoms with Gasteiger partial charge in [0.25, 0.3) is 17.3 Å². The van der Waals surface area contributed by atoms with Gasteiger partial charge < -0.3 is 25.7 Å². The fourth-order valence-corrected chi connectivity index (χ4v) is 3.55. The van der Waals surface area contributed by atoms with Gasteiger partial charge in [-0.1, -0.05) is 45.4 Å². The molecule has 0 unspecified atom stereocenters. The molecule has 9 heteroatoms. The van der Waals surface area contributed by atoms with Gasteiger partial charge in [0.05, 0.1) is 0 Å². The maximum atomic E-state index is 11.6. The number of unbranched alkanes of at least 4 members (excludes halogenated alkanes) is 7. The summed E-state index contributed by atoms with van der Waals surface area (Å²) in [4.78, 5) is 44.4. The monoisotopic (exact) mass is 455 g/mol. The molecule has 0 bridgehead atoms. The lowest BCUT2D eigenvalue weighted by molar-refractivity contribution is -0.137. The van der Waals surface area contributed by atoms with Gasteiger partial charge in [-0.05, 0) is 45.3 Å². The summed E-state index contributed by atoms with van der Waals surface area (Å²) in [5.41, 5.74) is -0.0350. The first-order valence-corrected chi connectivity index (χ1v) is 11.7. The molecule has 9 nitrogen and oxygen atoms in total. The van der Waals surface area contributed by atoms with Gasteiger partial charge in [-0.15, -0.1) is 0 Å². The van der Waals surface area contributed by atoms with Crippen molar-refractivity contribution in [3.05, 3.63) is 20.4 Å².